The fourth-order valence-corrected chi connectivity index (χ4v) is 1.72. The molecule has 88 valence electrons. The van der Waals surface area contributed by atoms with Gasteiger partial charge in [0.05, 0.1) is 12.2 Å². The molecule has 0 saturated heterocycles. The van der Waals surface area contributed by atoms with Gasteiger partial charge in [0.25, 0.3) is 0 Å². The van der Waals surface area contributed by atoms with Crippen LogP contribution < -0.4 is 10.5 Å². The van der Waals surface area contributed by atoms with Crippen molar-refractivity contribution in [3.8, 4) is 5.88 Å². The summed E-state index contributed by atoms with van der Waals surface area (Å²) in [4.78, 5) is 15.1. The number of carboxylic acids is 1. The summed E-state index contributed by atoms with van der Waals surface area (Å²) in [6.45, 7) is 2.30. The molecular formula is C12H12N2O3. The lowest BCUT2D eigenvalue weighted by Gasteiger charge is -2.09. The van der Waals surface area contributed by atoms with Gasteiger partial charge in [0.1, 0.15) is 0 Å². The molecule has 1 aromatic heterocycles. The van der Waals surface area contributed by atoms with Crippen molar-refractivity contribution in [3.05, 3.63) is 30.0 Å². The number of nitrogens with two attached hydrogens (primary N) is 1. The van der Waals surface area contributed by atoms with Gasteiger partial charge in [-0.05, 0) is 19.1 Å². The third-order valence-corrected chi connectivity index (χ3v) is 2.42. The molecule has 2 rings (SSSR count). The van der Waals surface area contributed by atoms with Crippen LogP contribution in [0.25, 0.3) is 10.8 Å². The molecular weight excluding hydrogens is 220 g/mol. The molecule has 5 heteroatoms. The number of fused-ring (bicyclic) bond motifs is 1. The molecule has 0 radical (unpaired) electrons. The van der Waals surface area contributed by atoms with Crippen molar-refractivity contribution in [2.45, 2.75) is 6.92 Å². The molecule has 0 aliphatic rings. The second-order valence-electron chi connectivity index (χ2n) is 3.48. The Hall–Kier alpha value is -2.30. The molecule has 0 unspecified atom stereocenters. The van der Waals surface area contributed by atoms with Gasteiger partial charge in [0, 0.05) is 22.7 Å². The lowest BCUT2D eigenvalue weighted by atomic mass is 10.1. The number of carbonyl (C=O) groups is 1. The number of carboxylic acid groups (broad SMARTS) is 1. The van der Waals surface area contributed by atoms with Crippen LogP contribution in [0, 0.1) is 0 Å². The first-order valence-corrected chi connectivity index (χ1v) is 5.18. The van der Waals surface area contributed by atoms with Gasteiger partial charge in [-0.15, -0.1) is 0 Å². The quantitative estimate of drug-likeness (QED) is 0.789. The summed E-state index contributed by atoms with van der Waals surface area (Å²) < 4.78 is 5.35. The number of aromatic nitrogens is 1. The average molecular weight is 232 g/mol. The van der Waals surface area contributed by atoms with Crippen molar-refractivity contribution in [1.82, 2.24) is 4.98 Å². The number of anilines is 1. The van der Waals surface area contributed by atoms with Crippen LogP contribution in [-0.4, -0.2) is 22.7 Å². The van der Waals surface area contributed by atoms with E-state index in [4.69, 9.17) is 15.6 Å². The molecule has 0 bridgehead atoms. The monoisotopic (exact) mass is 232 g/mol. The van der Waals surface area contributed by atoms with E-state index in [1.165, 1.54) is 6.20 Å². The molecule has 0 amide bonds. The molecule has 0 spiro atoms. The predicted molar refractivity (Wildman–Crippen MR) is 64.3 cm³/mol. The van der Waals surface area contributed by atoms with E-state index in [2.05, 4.69) is 4.98 Å². The number of hydrogen-bond donors (Lipinski definition) is 2. The maximum Gasteiger partial charge on any atom is 0.337 e. The molecule has 5 nitrogen and oxygen atoms in total. The van der Waals surface area contributed by atoms with Crippen LogP contribution in [0.1, 0.15) is 17.3 Å². The zero-order valence-electron chi connectivity index (χ0n) is 9.30. The van der Waals surface area contributed by atoms with Crippen LogP contribution >= 0.6 is 0 Å². The Morgan fingerprint density at radius 3 is 2.94 bits per heavy atom. The van der Waals surface area contributed by atoms with E-state index >= 15 is 0 Å². The lowest BCUT2D eigenvalue weighted by molar-refractivity contribution is 0.0698. The third kappa shape index (κ3) is 1.87. The van der Waals surface area contributed by atoms with Gasteiger partial charge in [-0.3, -0.25) is 0 Å². The van der Waals surface area contributed by atoms with E-state index < -0.39 is 5.97 Å². The summed E-state index contributed by atoms with van der Waals surface area (Å²) in [5, 5.41) is 10.2. The molecule has 2 aromatic rings. The van der Waals surface area contributed by atoms with E-state index in [1.54, 1.807) is 18.2 Å². The van der Waals surface area contributed by atoms with Gasteiger partial charge >= 0.3 is 5.97 Å². The standard InChI is InChI=1S/C12H12N2O3/c1-2-17-11-7-4-3-5-9(13)10(7)8(6-14-11)12(15)16/h3-6H,2,13H2,1H3,(H,15,16). The van der Waals surface area contributed by atoms with E-state index in [1.807, 2.05) is 6.92 Å². The van der Waals surface area contributed by atoms with Crippen molar-refractivity contribution < 1.29 is 14.6 Å². The molecule has 0 saturated carbocycles. The van der Waals surface area contributed by atoms with Crippen LogP contribution in [0.4, 0.5) is 5.69 Å². The van der Waals surface area contributed by atoms with Gasteiger partial charge in [-0.2, -0.15) is 0 Å². The largest absolute Gasteiger partial charge is 0.478 e. The molecule has 0 aliphatic carbocycles. The van der Waals surface area contributed by atoms with E-state index in [0.29, 0.717) is 28.9 Å². The molecule has 0 atom stereocenters. The average Bonchev–Trinajstić information content (AvgIpc) is 2.30. The van der Waals surface area contributed by atoms with Crippen LogP contribution in [0.5, 0.6) is 5.88 Å². The van der Waals surface area contributed by atoms with Crippen molar-refractivity contribution in [2.75, 3.05) is 12.3 Å². The first-order chi connectivity index (χ1) is 8.15. The van der Waals surface area contributed by atoms with Crippen LogP contribution in [0.3, 0.4) is 0 Å². The molecule has 17 heavy (non-hydrogen) atoms. The van der Waals surface area contributed by atoms with Crippen molar-refractivity contribution in [3.63, 3.8) is 0 Å². The number of pyridine rings is 1. The highest BCUT2D eigenvalue weighted by atomic mass is 16.5. The van der Waals surface area contributed by atoms with Crippen LogP contribution in [0.2, 0.25) is 0 Å². The van der Waals surface area contributed by atoms with Gasteiger partial charge < -0.3 is 15.6 Å². The molecule has 3 N–H and O–H groups in total. The highest BCUT2D eigenvalue weighted by Gasteiger charge is 2.15. The number of nitrogens with zero attached hydrogens (tertiary/aromatic N) is 1. The topological polar surface area (TPSA) is 85.4 Å². The summed E-state index contributed by atoms with van der Waals surface area (Å²) in [5.41, 5.74) is 6.30. The number of hydrogen-bond acceptors (Lipinski definition) is 4. The SMILES string of the molecule is CCOc1ncc(C(=O)O)c2c(N)cccc12. The number of aromatic carboxylic acids is 1. The number of nitrogen functional groups attached to an aromatic ring is 1. The Bertz CT molecular complexity index is 581. The summed E-state index contributed by atoms with van der Waals surface area (Å²) in [6.07, 6.45) is 1.27. The maximum absolute atomic E-state index is 11.1. The van der Waals surface area contributed by atoms with Crippen LogP contribution in [0.15, 0.2) is 24.4 Å². The molecule has 1 heterocycles. The number of ether oxygens (including phenoxy) is 1. The zero-order chi connectivity index (χ0) is 12.4. The smallest absolute Gasteiger partial charge is 0.337 e. The fourth-order valence-electron chi connectivity index (χ4n) is 1.72. The summed E-state index contributed by atoms with van der Waals surface area (Å²) >= 11 is 0. The Labute approximate surface area is 97.8 Å². The maximum atomic E-state index is 11.1. The Morgan fingerprint density at radius 2 is 2.29 bits per heavy atom. The minimum Gasteiger partial charge on any atom is -0.478 e. The Kier molecular flexibility index (Phi) is 2.82. The summed E-state index contributed by atoms with van der Waals surface area (Å²) in [6, 6.07) is 5.15. The summed E-state index contributed by atoms with van der Waals surface area (Å²) in [5.74, 6) is -0.650. The minimum absolute atomic E-state index is 0.0848. The highest BCUT2D eigenvalue weighted by Crippen LogP contribution is 2.30. The predicted octanol–water partition coefficient (Wildman–Crippen LogP) is 1.91. The number of rotatable bonds is 3. The second-order valence-corrected chi connectivity index (χ2v) is 3.48. The fraction of sp³-hybridized carbons (Fsp3) is 0.167. The molecule has 0 aliphatic heterocycles. The second kappa shape index (κ2) is 4.29. The Morgan fingerprint density at radius 1 is 1.53 bits per heavy atom. The highest BCUT2D eigenvalue weighted by molar-refractivity contribution is 6.09. The van der Waals surface area contributed by atoms with Crippen molar-refractivity contribution in [2.24, 2.45) is 0 Å². The first kappa shape index (κ1) is 11.2. The van der Waals surface area contributed by atoms with Gasteiger partial charge in [-0.25, -0.2) is 9.78 Å². The summed E-state index contributed by atoms with van der Waals surface area (Å²) in [7, 11) is 0. The van der Waals surface area contributed by atoms with Gasteiger partial charge in [0.2, 0.25) is 5.88 Å². The van der Waals surface area contributed by atoms with Gasteiger partial charge in [-0.1, -0.05) is 6.07 Å². The lowest BCUT2D eigenvalue weighted by Crippen LogP contribution is -2.04. The third-order valence-electron chi connectivity index (χ3n) is 2.42. The van der Waals surface area contributed by atoms with E-state index in [0.717, 1.165) is 0 Å². The van der Waals surface area contributed by atoms with E-state index in [9.17, 15) is 4.79 Å². The molecule has 0 fully saturated rings. The van der Waals surface area contributed by atoms with Gasteiger partial charge in [0.15, 0.2) is 0 Å². The van der Waals surface area contributed by atoms with E-state index in [-0.39, 0.29) is 5.56 Å². The Balaban J connectivity index is 2.81. The van der Waals surface area contributed by atoms with Crippen LogP contribution in [-0.2, 0) is 0 Å². The van der Waals surface area contributed by atoms with Crippen molar-refractivity contribution in [1.29, 1.82) is 0 Å². The minimum atomic E-state index is -1.05. The normalized spacial score (nSPS) is 10.4. The first-order valence-electron chi connectivity index (χ1n) is 5.18. The number of benzene rings is 1. The zero-order valence-corrected chi connectivity index (χ0v) is 9.30. The van der Waals surface area contributed by atoms with Crippen molar-refractivity contribution >= 4 is 22.4 Å². The molecule has 1 aromatic carbocycles.